The molecule has 0 radical (unpaired) electrons. The van der Waals surface area contributed by atoms with Crippen molar-refractivity contribution in [2.45, 2.75) is 12.6 Å². The zero-order chi connectivity index (χ0) is 14.0. The molecule has 0 aliphatic rings. The van der Waals surface area contributed by atoms with Crippen molar-refractivity contribution in [2.75, 3.05) is 7.11 Å². The predicted molar refractivity (Wildman–Crippen MR) is 62.5 cm³/mol. The molecule has 1 aromatic carbocycles. The van der Waals surface area contributed by atoms with Crippen LogP contribution in [0.3, 0.4) is 0 Å². The van der Waals surface area contributed by atoms with Crippen LogP contribution in [0.5, 0.6) is 0 Å². The summed E-state index contributed by atoms with van der Waals surface area (Å²) < 4.78 is 42.3. The normalized spacial score (nSPS) is 11.6. The van der Waals surface area contributed by atoms with E-state index in [2.05, 4.69) is 9.72 Å². The molecule has 2 aromatic rings. The Labute approximate surface area is 107 Å². The standard InChI is InChI=1S/C13H10F3NO2/c1-19-12(18)6-8-4-5-17-11-7-9(13(14,15)16)2-3-10(8)11/h2-5,7H,6H2,1H3. The summed E-state index contributed by atoms with van der Waals surface area (Å²) in [5, 5.41) is 0.515. The van der Waals surface area contributed by atoms with Gasteiger partial charge in [0.25, 0.3) is 0 Å². The number of hydrogen-bond acceptors (Lipinski definition) is 3. The maximum absolute atomic E-state index is 12.6. The van der Waals surface area contributed by atoms with E-state index < -0.39 is 17.7 Å². The number of aromatic nitrogens is 1. The Balaban J connectivity index is 2.50. The van der Waals surface area contributed by atoms with Gasteiger partial charge in [-0.2, -0.15) is 13.2 Å². The number of esters is 1. The van der Waals surface area contributed by atoms with E-state index in [-0.39, 0.29) is 11.9 Å². The predicted octanol–water partition coefficient (Wildman–Crippen LogP) is 2.97. The van der Waals surface area contributed by atoms with Crippen LogP contribution in [0.2, 0.25) is 0 Å². The van der Waals surface area contributed by atoms with Gasteiger partial charge in [0.15, 0.2) is 0 Å². The second-order valence-electron chi connectivity index (χ2n) is 3.95. The van der Waals surface area contributed by atoms with Crippen LogP contribution < -0.4 is 0 Å². The van der Waals surface area contributed by atoms with Crippen molar-refractivity contribution in [3.63, 3.8) is 0 Å². The lowest BCUT2D eigenvalue weighted by molar-refractivity contribution is -0.140. The van der Waals surface area contributed by atoms with E-state index in [1.165, 1.54) is 19.4 Å². The van der Waals surface area contributed by atoms with Crippen molar-refractivity contribution in [3.05, 3.63) is 41.6 Å². The summed E-state index contributed by atoms with van der Waals surface area (Å²) in [4.78, 5) is 15.1. The third kappa shape index (κ3) is 2.83. The zero-order valence-electron chi connectivity index (χ0n) is 9.99. The zero-order valence-corrected chi connectivity index (χ0v) is 9.99. The average Bonchev–Trinajstić information content (AvgIpc) is 2.37. The molecule has 100 valence electrons. The number of carbonyl (C=O) groups excluding carboxylic acids is 1. The maximum Gasteiger partial charge on any atom is 0.416 e. The Kier molecular flexibility index (Phi) is 3.42. The summed E-state index contributed by atoms with van der Waals surface area (Å²) >= 11 is 0. The molecule has 0 spiro atoms. The van der Waals surface area contributed by atoms with Crippen LogP contribution in [0.15, 0.2) is 30.5 Å². The van der Waals surface area contributed by atoms with Gasteiger partial charge in [-0.1, -0.05) is 6.07 Å². The van der Waals surface area contributed by atoms with Crippen molar-refractivity contribution >= 4 is 16.9 Å². The molecule has 6 heteroatoms. The molecule has 0 aliphatic carbocycles. The van der Waals surface area contributed by atoms with Gasteiger partial charge in [-0.3, -0.25) is 9.78 Å². The van der Waals surface area contributed by atoms with E-state index in [0.29, 0.717) is 10.9 Å². The van der Waals surface area contributed by atoms with Crippen LogP contribution in [0.1, 0.15) is 11.1 Å². The number of halogens is 3. The van der Waals surface area contributed by atoms with Gasteiger partial charge in [-0.15, -0.1) is 0 Å². The molecule has 0 fully saturated rings. The van der Waals surface area contributed by atoms with E-state index >= 15 is 0 Å². The monoisotopic (exact) mass is 269 g/mol. The third-order valence-electron chi connectivity index (χ3n) is 2.72. The van der Waals surface area contributed by atoms with E-state index in [9.17, 15) is 18.0 Å². The van der Waals surface area contributed by atoms with E-state index in [1.54, 1.807) is 6.07 Å². The fraction of sp³-hybridized carbons (Fsp3) is 0.231. The molecule has 0 aliphatic heterocycles. The number of rotatable bonds is 2. The summed E-state index contributed by atoms with van der Waals surface area (Å²) in [7, 11) is 1.26. The highest BCUT2D eigenvalue weighted by molar-refractivity contribution is 5.86. The minimum absolute atomic E-state index is 0.000878. The fourth-order valence-corrected chi connectivity index (χ4v) is 1.77. The van der Waals surface area contributed by atoms with Crippen LogP contribution in [0.4, 0.5) is 13.2 Å². The van der Waals surface area contributed by atoms with Gasteiger partial charge >= 0.3 is 12.1 Å². The number of fused-ring (bicyclic) bond motifs is 1. The Morgan fingerprint density at radius 1 is 1.32 bits per heavy atom. The number of hydrogen-bond donors (Lipinski definition) is 0. The van der Waals surface area contributed by atoms with Gasteiger partial charge in [0.1, 0.15) is 0 Å². The van der Waals surface area contributed by atoms with Gasteiger partial charge in [0.2, 0.25) is 0 Å². The molecule has 1 aromatic heterocycles. The fourth-order valence-electron chi connectivity index (χ4n) is 1.77. The van der Waals surface area contributed by atoms with Crippen LogP contribution in [-0.4, -0.2) is 18.1 Å². The van der Waals surface area contributed by atoms with E-state index in [4.69, 9.17) is 0 Å². The largest absolute Gasteiger partial charge is 0.469 e. The number of benzene rings is 1. The summed E-state index contributed by atoms with van der Waals surface area (Å²) in [6.45, 7) is 0. The number of methoxy groups -OCH3 is 1. The molecule has 0 saturated heterocycles. The Morgan fingerprint density at radius 2 is 2.05 bits per heavy atom. The Hall–Kier alpha value is -2.11. The lowest BCUT2D eigenvalue weighted by Crippen LogP contribution is -2.07. The molecule has 19 heavy (non-hydrogen) atoms. The van der Waals surface area contributed by atoms with Crippen molar-refractivity contribution < 1.29 is 22.7 Å². The molecule has 1 heterocycles. The summed E-state index contributed by atoms with van der Waals surface area (Å²) in [6.07, 6.45) is -3.03. The maximum atomic E-state index is 12.6. The van der Waals surface area contributed by atoms with Crippen molar-refractivity contribution in [1.29, 1.82) is 0 Å². The molecule has 0 amide bonds. The lowest BCUT2D eigenvalue weighted by Gasteiger charge is -2.09. The Morgan fingerprint density at radius 3 is 2.68 bits per heavy atom. The van der Waals surface area contributed by atoms with Gasteiger partial charge in [-0.05, 0) is 23.8 Å². The Bertz CT molecular complexity index is 623. The van der Waals surface area contributed by atoms with Gasteiger partial charge in [0, 0.05) is 11.6 Å². The first-order chi connectivity index (χ1) is 8.91. The molecule has 0 N–H and O–H groups in total. The van der Waals surface area contributed by atoms with Crippen molar-refractivity contribution in [3.8, 4) is 0 Å². The number of alkyl halides is 3. The average molecular weight is 269 g/mol. The minimum Gasteiger partial charge on any atom is -0.469 e. The highest BCUT2D eigenvalue weighted by Gasteiger charge is 2.30. The molecule has 2 rings (SSSR count). The number of carbonyl (C=O) groups is 1. The highest BCUT2D eigenvalue weighted by atomic mass is 19.4. The summed E-state index contributed by atoms with van der Waals surface area (Å²) in [5.41, 5.74) is 0.0320. The van der Waals surface area contributed by atoms with Crippen molar-refractivity contribution in [1.82, 2.24) is 4.98 Å². The number of nitrogens with zero attached hydrogens (tertiary/aromatic N) is 1. The lowest BCUT2D eigenvalue weighted by atomic mass is 10.0. The van der Waals surface area contributed by atoms with Crippen LogP contribution in [0, 0.1) is 0 Å². The second-order valence-corrected chi connectivity index (χ2v) is 3.95. The number of ether oxygens (including phenoxy) is 1. The molecular weight excluding hydrogens is 259 g/mol. The SMILES string of the molecule is COC(=O)Cc1ccnc2cc(C(F)(F)F)ccc12. The highest BCUT2D eigenvalue weighted by Crippen LogP contribution is 2.31. The smallest absolute Gasteiger partial charge is 0.416 e. The van der Waals surface area contributed by atoms with Gasteiger partial charge in [-0.25, -0.2) is 0 Å². The summed E-state index contributed by atoms with van der Waals surface area (Å²) in [5.74, 6) is -0.451. The third-order valence-corrected chi connectivity index (χ3v) is 2.72. The van der Waals surface area contributed by atoms with Crippen LogP contribution in [0.25, 0.3) is 10.9 Å². The van der Waals surface area contributed by atoms with E-state index in [0.717, 1.165) is 12.1 Å². The second kappa shape index (κ2) is 4.87. The van der Waals surface area contributed by atoms with Gasteiger partial charge in [0.05, 0.1) is 24.6 Å². The van der Waals surface area contributed by atoms with Gasteiger partial charge < -0.3 is 4.74 Å². The number of pyridine rings is 1. The molecular formula is C13H10F3NO2. The molecule has 0 saturated carbocycles. The first kappa shape index (κ1) is 13.3. The quantitative estimate of drug-likeness (QED) is 0.787. The summed E-state index contributed by atoms with van der Waals surface area (Å²) in [6, 6.07) is 4.86. The van der Waals surface area contributed by atoms with Crippen LogP contribution in [-0.2, 0) is 22.1 Å². The molecule has 0 unspecified atom stereocenters. The first-order valence-electron chi connectivity index (χ1n) is 5.43. The molecule has 0 atom stereocenters. The topological polar surface area (TPSA) is 39.2 Å². The molecule has 3 nitrogen and oxygen atoms in total. The molecule has 0 bridgehead atoms. The first-order valence-corrected chi connectivity index (χ1v) is 5.43. The van der Waals surface area contributed by atoms with Crippen LogP contribution >= 0.6 is 0 Å². The van der Waals surface area contributed by atoms with Crippen molar-refractivity contribution in [2.24, 2.45) is 0 Å². The van der Waals surface area contributed by atoms with E-state index in [1.807, 2.05) is 0 Å². The minimum atomic E-state index is -4.41.